The van der Waals surface area contributed by atoms with E-state index in [9.17, 15) is 94.8 Å². The summed E-state index contributed by atoms with van der Waals surface area (Å²) < 4.78 is 32.5. The van der Waals surface area contributed by atoms with Crippen molar-refractivity contribution in [2.24, 2.45) is 0 Å². The van der Waals surface area contributed by atoms with Gasteiger partial charge in [0.25, 0.3) is 11.8 Å². The third kappa shape index (κ3) is 21.2. The molecule has 0 saturated carbocycles. The predicted octanol–water partition coefficient (Wildman–Crippen LogP) is -7.29. The van der Waals surface area contributed by atoms with Crippen molar-refractivity contribution in [2.45, 2.75) is 200 Å². The summed E-state index contributed by atoms with van der Waals surface area (Å²) in [5, 5.41) is 130. The molecule has 4 aliphatic heterocycles. The van der Waals surface area contributed by atoms with Crippen LogP contribution in [0.2, 0.25) is 0 Å². The van der Waals surface area contributed by atoms with Crippen molar-refractivity contribution in [3.63, 3.8) is 0 Å². The zero-order valence-corrected chi connectivity index (χ0v) is 43.9. The molecule has 16 N–H and O–H groups in total. The first-order valence-corrected chi connectivity index (χ1v) is 26.6. The third-order valence-electron chi connectivity index (χ3n) is 13.7. The lowest BCUT2D eigenvalue weighted by Crippen LogP contribution is -2.59. The van der Waals surface area contributed by atoms with E-state index in [1.54, 1.807) is 0 Å². The second-order valence-electron chi connectivity index (χ2n) is 19.7. The second-order valence-corrected chi connectivity index (χ2v) is 19.7. The van der Waals surface area contributed by atoms with Crippen LogP contribution in [0.15, 0.2) is 0 Å². The third-order valence-corrected chi connectivity index (χ3v) is 13.7. The smallest absolute Gasteiger partial charge is 0.333 e. The Bertz CT molecular complexity index is 1750. The fraction of sp³-hybridized carbons (Fsp3) is 0.854. The van der Waals surface area contributed by atoms with Crippen molar-refractivity contribution >= 4 is 41.4 Å². The van der Waals surface area contributed by atoms with Gasteiger partial charge in [0.05, 0.1) is 26.2 Å². The molecule has 31 nitrogen and oxygen atoms in total. The summed E-state index contributed by atoms with van der Waals surface area (Å²) in [6.45, 7) is -1.61. The number of ether oxygens (including phenoxy) is 6. The first kappa shape index (κ1) is 67.3. The molecule has 0 spiro atoms. The average molecular weight is 1140 g/mol. The maximum atomic E-state index is 13.7. The summed E-state index contributed by atoms with van der Waals surface area (Å²) in [4.78, 5) is 95.4. The minimum atomic E-state index is -1.63. The van der Waals surface area contributed by atoms with Crippen LogP contribution in [0.25, 0.3) is 0 Å². The lowest BCUT2D eigenvalue weighted by atomic mass is 9.82. The van der Waals surface area contributed by atoms with E-state index < -0.39 is 172 Å². The minimum Gasteiger partial charge on any atom is -0.394 e. The van der Waals surface area contributed by atoms with E-state index in [2.05, 4.69) is 21.3 Å². The van der Waals surface area contributed by atoms with Crippen molar-refractivity contribution in [3.8, 4) is 0 Å². The minimum absolute atomic E-state index is 0.0120. The number of carbonyl (C=O) groups excluding carboxylic acids is 7. The first-order valence-electron chi connectivity index (χ1n) is 26.6. The fourth-order valence-corrected chi connectivity index (χ4v) is 8.84. The van der Waals surface area contributed by atoms with Crippen LogP contribution in [0.5, 0.6) is 0 Å². The van der Waals surface area contributed by atoms with E-state index in [1.807, 2.05) is 0 Å². The summed E-state index contributed by atoms with van der Waals surface area (Å²) in [5.74, 6) is -4.80. The van der Waals surface area contributed by atoms with Crippen LogP contribution < -0.4 is 21.3 Å². The zero-order valence-electron chi connectivity index (χ0n) is 43.9. The molecular formula is C48H81N5O26. The van der Waals surface area contributed by atoms with Crippen LogP contribution in [0.4, 0.5) is 0 Å². The van der Waals surface area contributed by atoms with Gasteiger partial charge in [-0.1, -0.05) is 0 Å². The molecule has 0 aromatic rings. The van der Waals surface area contributed by atoms with Crippen LogP contribution >= 0.6 is 0 Å². The number of hydroxylamine groups is 2. The Morgan fingerprint density at radius 1 is 0.456 bits per heavy atom. The van der Waals surface area contributed by atoms with E-state index in [-0.39, 0.29) is 90.8 Å². The van der Waals surface area contributed by atoms with Gasteiger partial charge in [-0.25, -0.2) is 4.79 Å². The van der Waals surface area contributed by atoms with Gasteiger partial charge in [-0.3, -0.25) is 28.8 Å². The molecule has 4 fully saturated rings. The van der Waals surface area contributed by atoms with Gasteiger partial charge in [-0.2, -0.15) is 0 Å². The van der Waals surface area contributed by atoms with Gasteiger partial charge >= 0.3 is 5.97 Å². The Hall–Kier alpha value is -4.23. The van der Waals surface area contributed by atoms with Crippen molar-refractivity contribution in [2.75, 3.05) is 59.3 Å². The lowest BCUT2D eigenvalue weighted by Gasteiger charge is -2.39. The summed E-state index contributed by atoms with van der Waals surface area (Å²) in [6, 6.07) is 0. The Labute approximate surface area is 454 Å². The number of aliphatic hydroxyl groups is 12. The molecule has 4 rings (SSSR count). The number of imide groups is 1. The molecule has 4 aliphatic rings. The fourth-order valence-electron chi connectivity index (χ4n) is 8.84. The molecule has 0 aliphatic carbocycles. The van der Waals surface area contributed by atoms with Gasteiger partial charge in [-0.05, 0) is 57.8 Å². The average Bonchev–Trinajstić information content (AvgIpc) is 3.80. The maximum Gasteiger partial charge on any atom is 0.333 e. The molecule has 0 aromatic heterocycles. The lowest BCUT2D eigenvalue weighted by molar-refractivity contribution is -0.301. The van der Waals surface area contributed by atoms with E-state index in [0.717, 1.165) is 0 Å². The number of hydrogen-bond donors (Lipinski definition) is 16. The van der Waals surface area contributed by atoms with Crippen molar-refractivity contribution < 1.29 is 128 Å². The Morgan fingerprint density at radius 3 is 1.10 bits per heavy atom. The number of hydrogen-bond acceptors (Lipinski definition) is 26. The predicted molar refractivity (Wildman–Crippen MR) is 261 cm³/mol. The van der Waals surface area contributed by atoms with Crippen molar-refractivity contribution in [1.29, 1.82) is 0 Å². The van der Waals surface area contributed by atoms with Crippen LogP contribution in [0.3, 0.4) is 0 Å². The van der Waals surface area contributed by atoms with Gasteiger partial charge in [0.15, 0.2) is 18.9 Å². The molecule has 454 valence electrons. The zero-order chi connectivity index (χ0) is 58.2. The molecule has 4 saturated heterocycles. The van der Waals surface area contributed by atoms with E-state index in [1.165, 1.54) is 0 Å². The number of amides is 6. The molecule has 0 bridgehead atoms. The highest BCUT2D eigenvalue weighted by Gasteiger charge is 2.46. The normalized spacial score (nSPS) is 30.2. The van der Waals surface area contributed by atoms with Gasteiger partial charge < -0.3 is 116 Å². The number of carbonyl (C=O) groups is 7. The molecule has 6 amide bonds. The van der Waals surface area contributed by atoms with E-state index in [4.69, 9.17) is 33.3 Å². The largest absolute Gasteiger partial charge is 0.394 e. The number of nitrogens with one attached hydrogen (secondary N) is 4. The van der Waals surface area contributed by atoms with Crippen molar-refractivity contribution in [1.82, 2.24) is 26.3 Å². The molecule has 4 heterocycles. The standard InChI is InChI=1S/C48H81N5O26/c54-23-26-36(64)39(67)42(70)45(76-26)73-20-4-1-17-49-29(57)11-14-48(52-32(60)7-10-35(63)79-53-33(61)8-9-34(53)62,15-12-30(58)50-18-2-5-21-74-46-43(71)40(68)37(65)27(24-55)77-46)16-13-31(59)51-19-3-6-22-75-47-44(72)41(69)38(66)28(25-56)78-47/h26-28,36-47,54-56,64-72H,1-25H2,(H,49,57)(H,50,58)(H,51,59)(H,52,60)/t26-,27-,28-,36-,37-,38-,39+,40+,41+,42+,43+,44+,45+,46+,47+/m1/s1. The van der Waals surface area contributed by atoms with Gasteiger partial charge in [0.1, 0.15) is 73.2 Å². The Morgan fingerprint density at radius 2 is 0.785 bits per heavy atom. The Kier molecular flexibility index (Phi) is 29.2. The SMILES string of the molecule is O=C(CCC(CCC(=O)NCCCCO[C@H]1O[C@H](CO)[C@@H](O)[C@H](O)[C@@H]1O)(CCC(=O)NCCCCO[C@H]1O[C@H](CO)[C@@H](O)[C@H](O)[C@@H]1O)NC(=O)CCC(=O)ON1C(=O)CCC1=O)NCCCCO[C@H]1O[C@H](CO)[C@@H](O)[C@H](O)[C@@H]1O. The number of unbranched alkanes of at least 4 members (excludes halogenated alkanes) is 3. The monoisotopic (exact) mass is 1140 g/mol. The molecule has 0 radical (unpaired) electrons. The molecule has 0 unspecified atom stereocenters. The summed E-state index contributed by atoms with van der Waals surface area (Å²) in [5.41, 5.74) is -1.47. The van der Waals surface area contributed by atoms with Crippen LogP contribution in [0, 0.1) is 0 Å². The summed E-state index contributed by atoms with van der Waals surface area (Å²) >= 11 is 0. The Balaban J connectivity index is 1.37. The molecule has 15 atom stereocenters. The summed E-state index contributed by atoms with van der Waals surface area (Å²) in [7, 11) is 0. The first-order chi connectivity index (χ1) is 37.6. The summed E-state index contributed by atoms with van der Waals surface area (Å²) in [6.07, 6.45) is -22.6. The molecular weight excluding hydrogens is 1060 g/mol. The van der Waals surface area contributed by atoms with Gasteiger partial charge in [-0.15, -0.1) is 5.06 Å². The quantitative estimate of drug-likeness (QED) is 0.0207. The van der Waals surface area contributed by atoms with Crippen LogP contribution in [0.1, 0.15) is 103 Å². The van der Waals surface area contributed by atoms with Gasteiger partial charge in [0, 0.05) is 83.5 Å². The number of rotatable bonds is 35. The molecule has 0 aromatic carbocycles. The highest BCUT2D eigenvalue weighted by atomic mass is 16.7. The van der Waals surface area contributed by atoms with Crippen LogP contribution in [-0.4, -0.2) is 265 Å². The second kappa shape index (κ2) is 34.3. The van der Waals surface area contributed by atoms with Gasteiger partial charge in [0.2, 0.25) is 23.6 Å². The highest BCUT2D eigenvalue weighted by Crippen LogP contribution is 2.28. The van der Waals surface area contributed by atoms with Crippen molar-refractivity contribution in [3.05, 3.63) is 0 Å². The number of nitrogens with zero attached hydrogens (tertiary/aromatic N) is 1. The topological polar surface area (TPSA) is 478 Å². The highest BCUT2D eigenvalue weighted by molar-refractivity contribution is 6.01. The molecule has 31 heteroatoms. The molecule has 79 heavy (non-hydrogen) atoms. The van der Waals surface area contributed by atoms with E-state index >= 15 is 0 Å². The van der Waals surface area contributed by atoms with Crippen LogP contribution in [-0.2, 0) is 66.8 Å². The van der Waals surface area contributed by atoms with E-state index in [0.29, 0.717) is 43.6 Å². The maximum absolute atomic E-state index is 13.7. The number of aliphatic hydroxyl groups excluding tert-OH is 12.